The van der Waals surface area contributed by atoms with Crippen LogP contribution in [0.15, 0.2) is 30.6 Å². The third kappa shape index (κ3) is 2.14. The van der Waals surface area contributed by atoms with Crippen LogP contribution in [0.3, 0.4) is 0 Å². The number of hydrogen-bond donors (Lipinski definition) is 2. The molecule has 0 bridgehead atoms. The summed E-state index contributed by atoms with van der Waals surface area (Å²) < 4.78 is 2.07. The van der Waals surface area contributed by atoms with E-state index in [0.29, 0.717) is 24.3 Å². The maximum Gasteiger partial charge on any atom is 0.256 e. The van der Waals surface area contributed by atoms with Crippen LogP contribution in [0.1, 0.15) is 21.7 Å². The van der Waals surface area contributed by atoms with Crippen LogP contribution in [0.25, 0.3) is 0 Å². The summed E-state index contributed by atoms with van der Waals surface area (Å²) in [4.78, 5) is 18.7. The Kier molecular flexibility index (Phi) is 3.15. The highest BCUT2D eigenvalue weighted by atomic mass is 16.2. The number of benzene rings is 1. The molecule has 1 amide bonds. The first-order chi connectivity index (χ1) is 9.69. The van der Waals surface area contributed by atoms with E-state index < -0.39 is 0 Å². The lowest BCUT2D eigenvalue weighted by Crippen LogP contribution is -2.38. The van der Waals surface area contributed by atoms with Gasteiger partial charge in [-0.25, -0.2) is 4.98 Å². The molecule has 6 nitrogen and oxygen atoms in total. The fourth-order valence-corrected chi connectivity index (χ4v) is 2.48. The molecule has 20 heavy (non-hydrogen) atoms. The molecule has 1 aliphatic rings. The topological polar surface area (TPSA) is 76.2 Å². The molecular formula is C14H17N5O. The lowest BCUT2D eigenvalue weighted by Gasteiger charge is -2.28. The maximum atomic E-state index is 12.7. The zero-order valence-electron chi connectivity index (χ0n) is 11.3. The first-order valence-electron chi connectivity index (χ1n) is 6.55. The molecule has 0 saturated heterocycles. The average Bonchev–Trinajstić information content (AvgIpc) is 2.93. The minimum atomic E-state index is -0.0177. The number of amides is 1. The molecule has 0 fully saturated rings. The van der Waals surface area contributed by atoms with Crippen molar-refractivity contribution in [3.8, 4) is 0 Å². The van der Waals surface area contributed by atoms with Crippen LogP contribution >= 0.6 is 0 Å². The zero-order chi connectivity index (χ0) is 14.1. The quantitative estimate of drug-likeness (QED) is 0.634. The van der Waals surface area contributed by atoms with E-state index in [0.717, 1.165) is 17.9 Å². The first-order valence-corrected chi connectivity index (χ1v) is 6.55. The smallest absolute Gasteiger partial charge is 0.256 e. The summed E-state index contributed by atoms with van der Waals surface area (Å²) >= 11 is 0. The van der Waals surface area contributed by atoms with Gasteiger partial charge in [0, 0.05) is 25.5 Å². The van der Waals surface area contributed by atoms with E-state index in [-0.39, 0.29) is 5.91 Å². The third-order valence-corrected chi connectivity index (χ3v) is 3.59. The van der Waals surface area contributed by atoms with Crippen molar-refractivity contribution in [2.24, 2.45) is 5.84 Å². The summed E-state index contributed by atoms with van der Waals surface area (Å²) in [5.41, 5.74) is 4.87. The molecule has 2 heterocycles. The van der Waals surface area contributed by atoms with E-state index in [2.05, 4.69) is 15.0 Å². The Morgan fingerprint density at radius 1 is 1.40 bits per heavy atom. The molecule has 0 spiro atoms. The third-order valence-electron chi connectivity index (χ3n) is 3.59. The van der Waals surface area contributed by atoms with Crippen molar-refractivity contribution < 1.29 is 4.79 Å². The number of aromatic nitrogens is 2. The monoisotopic (exact) mass is 271 g/mol. The van der Waals surface area contributed by atoms with Crippen LogP contribution in [-0.4, -0.2) is 26.9 Å². The Morgan fingerprint density at radius 3 is 3.05 bits per heavy atom. The lowest BCUT2D eigenvalue weighted by molar-refractivity contribution is 0.0708. The number of anilines is 1. The molecule has 1 aromatic carbocycles. The van der Waals surface area contributed by atoms with Gasteiger partial charge < -0.3 is 14.9 Å². The number of carbonyl (C=O) groups excluding carboxylic acids is 1. The molecule has 0 aliphatic carbocycles. The number of nitrogen functional groups attached to an aromatic ring is 1. The highest BCUT2D eigenvalue weighted by Gasteiger charge is 2.24. The number of rotatable bonds is 2. The molecule has 0 radical (unpaired) electrons. The number of carbonyl (C=O) groups is 1. The van der Waals surface area contributed by atoms with Crippen molar-refractivity contribution in [2.45, 2.75) is 20.0 Å². The molecule has 0 unspecified atom stereocenters. The number of hydrazine groups is 1. The number of nitrogens with zero attached hydrogens (tertiary/aromatic N) is 3. The van der Waals surface area contributed by atoms with Crippen molar-refractivity contribution in [3.05, 3.63) is 47.5 Å². The fourth-order valence-electron chi connectivity index (χ4n) is 2.48. The predicted molar refractivity (Wildman–Crippen MR) is 76.0 cm³/mol. The average molecular weight is 271 g/mol. The Bertz CT molecular complexity index is 649. The van der Waals surface area contributed by atoms with Gasteiger partial charge in [-0.15, -0.1) is 0 Å². The summed E-state index contributed by atoms with van der Waals surface area (Å²) in [7, 11) is 0. The van der Waals surface area contributed by atoms with Crippen LogP contribution in [0.4, 0.5) is 5.69 Å². The minimum absolute atomic E-state index is 0.0177. The second-order valence-corrected chi connectivity index (χ2v) is 4.96. The van der Waals surface area contributed by atoms with Gasteiger partial charge in [-0.1, -0.05) is 11.6 Å². The predicted octanol–water partition coefficient (Wildman–Crippen LogP) is 1.13. The highest BCUT2D eigenvalue weighted by Crippen LogP contribution is 2.21. The maximum absolute atomic E-state index is 12.7. The van der Waals surface area contributed by atoms with Gasteiger partial charge >= 0.3 is 0 Å². The molecule has 6 heteroatoms. The largest absolute Gasteiger partial charge is 0.332 e. The standard InChI is InChI=1S/C14H17N5O/c1-10-2-3-12(17-15)11(8-10)14(20)19-7-6-18-5-4-16-13(18)9-19/h2-5,8,17H,6-7,9,15H2,1H3. The van der Waals surface area contributed by atoms with Crippen molar-refractivity contribution in [1.29, 1.82) is 0 Å². The Hall–Kier alpha value is -2.34. The normalized spacial score (nSPS) is 14.0. The van der Waals surface area contributed by atoms with Crippen LogP contribution in [0.5, 0.6) is 0 Å². The highest BCUT2D eigenvalue weighted by molar-refractivity contribution is 5.99. The van der Waals surface area contributed by atoms with Crippen LogP contribution in [0.2, 0.25) is 0 Å². The van der Waals surface area contributed by atoms with Crippen LogP contribution in [0, 0.1) is 6.92 Å². The van der Waals surface area contributed by atoms with E-state index in [4.69, 9.17) is 5.84 Å². The number of nitrogens with two attached hydrogens (primary N) is 1. The molecule has 1 aromatic heterocycles. The number of imidazole rings is 1. The van der Waals surface area contributed by atoms with Crippen LogP contribution in [-0.2, 0) is 13.1 Å². The van der Waals surface area contributed by atoms with Crippen molar-refractivity contribution in [1.82, 2.24) is 14.5 Å². The van der Waals surface area contributed by atoms with E-state index in [1.54, 1.807) is 11.1 Å². The lowest BCUT2D eigenvalue weighted by atomic mass is 10.1. The molecule has 3 rings (SSSR count). The van der Waals surface area contributed by atoms with Gasteiger partial charge in [-0.05, 0) is 19.1 Å². The van der Waals surface area contributed by atoms with Crippen molar-refractivity contribution in [3.63, 3.8) is 0 Å². The van der Waals surface area contributed by atoms with Gasteiger partial charge in [0.2, 0.25) is 0 Å². The number of nitrogens with one attached hydrogen (secondary N) is 1. The summed E-state index contributed by atoms with van der Waals surface area (Å²) in [5, 5.41) is 0. The Balaban J connectivity index is 1.88. The number of aryl methyl sites for hydroxylation is 1. The molecule has 3 N–H and O–H groups in total. The Labute approximate surface area is 117 Å². The summed E-state index contributed by atoms with van der Waals surface area (Å²) in [6.07, 6.45) is 3.71. The number of fused-ring (bicyclic) bond motifs is 1. The van der Waals surface area contributed by atoms with Gasteiger partial charge in [0.15, 0.2) is 0 Å². The minimum Gasteiger partial charge on any atom is -0.332 e. The van der Waals surface area contributed by atoms with Gasteiger partial charge in [0.25, 0.3) is 5.91 Å². The van der Waals surface area contributed by atoms with E-state index in [1.165, 1.54) is 0 Å². The second kappa shape index (κ2) is 4.97. The summed E-state index contributed by atoms with van der Waals surface area (Å²) in [6.45, 7) is 3.95. The van der Waals surface area contributed by atoms with Gasteiger partial charge in [0.1, 0.15) is 5.82 Å². The molecule has 1 aliphatic heterocycles. The van der Waals surface area contributed by atoms with Crippen molar-refractivity contribution >= 4 is 11.6 Å². The van der Waals surface area contributed by atoms with Crippen molar-refractivity contribution in [2.75, 3.05) is 12.0 Å². The molecule has 0 saturated carbocycles. The molecular weight excluding hydrogens is 254 g/mol. The Morgan fingerprint density at radius 2 is 2.25 bits per heavy atom. The summed E-state index contributed by atoms with van der Waals surface area (Å²) in [6, 6.07) is 5.61. The van der Waals surface area contributed by atoms with Crippen LogP contribution < -0.4 is 11.3 Å². The molecule has 0 atom stereocenters. The van der Waals surface area contributed by atoms with E-state index in [1.807, 2.05) is 31.3 Å². The SMILES string of the molecule is Cc1ccc(NN)c(C(=O)N2CCn3ccnc3C2)c1. The second-order valence-electron chi connectivity index (χ2n) is 4.96. The van der Waals surface area contributed by atoms with E-state index >= 15 is 0 Å². The molecule has 2 aromatic rings. The van der Waals surface area contributed by atoms with E-state index in [9.17, 15) is 4.79 Å². The fraction of sp³-hybridized carbons (Fsp3) is 0.286. The summed E-state index contributed by atoms with van der Waals surface area (Å²) in [5.74, 6) is 6.39. The van der Waals surface area contributed by atoms with Gasteiger partial charge in [-0.2, -0.15) is 0 Å². The zero-order valence-corrected chi connectivity index (χ0v) is 11.3. The van der Waals surface area contributed by atoms with Gasteiger partial charge in [0.05, 0.1) is 17.8 Å². The number of hydrogen-bond acceptors (Lipinski definition) is 4. The first kappa shape index (κ1) is 12.7. The van der Waals surface area contributed by atoms with Gasteiger partial charge in [-0.3, -0.25) is 10.6 Å². The molecule has 104 valence electrons.